The third-order valence-corrected chi connectivity index (χ3v) is 3.28. The molecule has 126 valence electrons. The third kappa shape index (κ3) is 5.12. The Morgan fingerprint density at radius 2 is 1.54 bits per heavy atom. The minimum Gasteiger partial charge on any atom is -0.336 e. The number of hydrogen-bond donors (Lipinski definition) is 3. The molecule has 0 atom stereocenters. The second-order valence-corrected chi connectivity index (χ2v) is 6.16. The van der Waals surface area contributed by atoms with Crippen LogP contribution in [0.25, 0.3) is 0 Å². The smallest absolute Gasteiger partial charge is 0.319 e. The molecular formula is C19H23N3O2. The van der Waals surface area contributed by atoms with Crippen molar-refractivity contribution in [1.82, 2.24) is 5.32 Å². The van der Waals surface area contributed by atoms with Crippen LogP contribution in [0.2, 0.25) is 0 Å². The maximum Gasteiger partial charge on any atom is 0.319 e. The van der Waals surface area contributed by atoms with Gasteiger partial charge >= 0.3 is 6.03 Å². The van der Waals surface area contributed by atoms with E-state index in [-0.39, 0.29) is 18.0 Å². The van der Waals surface area contributed by atoms with E-state index < -0.39 is 0 Å². The first-order valence-electron chi connectivity index (χ1n) is 7.91. The fourth-order valence-electron chi connectivity index (χ4n) is 2.42. The highest BCUT2D eigenvalue weighted by Crippen LogP contribution is 2.16. The maximum atomic E-state index is 12.4. The number of amides is 3. The Morgan fingerprint density at radius 3 is 2.17 bits per heavy atom. The van der Waals surface area contributed by atoms with Crippen LogP contribution in [0.1, 0.15) is 35.3 Å². The Morgan fingerprint density at radius 1 is 0.875 bits per heavy atom. The van der Waals surface area contributed by atoms with E-state index in [1.165, 1.54) is 0 Å². The molecule has 3 N–H and O–H groups in total. The van der Waals surface area contributed by atoms with Crippen LogP contribution < -0.4 is 16.0 Å². The average molecular weight is 325 g/mol. The van der Waals surface area contributed by atoms with Gasteiger partial charge in [0.2, 0.25) is 0 Å². The fourth-order valence-corrected chi connectivity index (χ4v) is 2.42. The minimum absolute atomic E-state index is 0.0426. The highest BCUT2D eigenvalue weighted by atomic mass is 16.2. The summed E-state index contributed by atoms with van der Waals surface area (Å²) in [6.45, 7) is 7.74. The molecule has 0 saturated carbocycles. The zero-order valence-electron chi connectivity index (χ0n) is 14.4. The topological polar surface area (TPSA) is 70.2 Å². The zero-order valence-corrected chi connectivity index (χ0v) is 14.4. The quantitative estimate of drug-likeness (QED) is 0.792. The highest BCUT2D eigenvalue weighted by molar-refractivity contribution is 6.05. The van der Waals surface area contributed by atoms with Crippen molar-refractivity contribution in [3.8, 4) is 0 Å². The second-order valence-electron chi connectivity index (χ2n) is 6.16. The fraction of sp³-hybridized carbons (Fsp3) is 0.263. The van der Waals surface area contributed by atoms with Gasteiger partial charge < -0.3 is 16.0 Å². The van der Waals surface area contributed by atoms with Gasteiger partial charge in [-0.15, -0.1) is 0 Å². The lowest BCUT2D eigenvalue weighted by Gasteiger charge is -2.11. The summed E-state index contributed by atoms with van der Waals surface area (Å²) in [5.41, 5.74) is 3.99. The average Bonchev–Trinajstić information content (AvgIpc) is 2.45. The molecule has 0 radical (unpaired) electrons. The lowest BCUT2D eigenvalue weighted by molar-refractivity contribution is 0.102. The molecule has 2 aromatic carbocycles. The SMILES string of the molecule is Cc1cc(C)cc(NC(=O)c2cccc(NC(=O)NC(C)C)c2)c1. The van der Waals surface area contributed by atoms with E-state index in [1.54, 1.807) is 24.3 Å². The van der Waals surface area contributed by atoms with E-state index in [9.17, 15) is 9.59 Å². The van der Waals surface area contributed by atoms with Gasteiger partial charge in [-0.3, -0.25) is 4.79 Å². The normalized spacial score (nSPS) is 10.4. The molecule has 5 heteroatoms. The molecule has 0 aliphatic heterocycles. The molecule has 2 rings (SSSR count). The molecular weight excluding hydrogens is 302 g/mol. The summed E-state index contributed by atoms with van der Waals surface area (Å²) in [6, 6.07) is 12.5. The van der Waals surface area contributed by atoms with Gasteiger partial charge in [-0.1, -0.05) is 12.1 Å². The van der Waals surface area contributed by atoms with Crippen molar-refractivity contribution in [2.45, 2.75) is 33.7 Å². The lowest BCUT2D eigenvalue weighted by atomic mass is 10.1. The number of hydrogen-bond acceptors (Lipinski definition) is 2. The summed E-state index contributed by atoms with van der Waals surface area (Å²) < 4.78 is 0. The van der Waals surface area contributed by atoms with Crippen molar-refractivity contribution in [2.75, 3.05) is 10.6 Å². The largest absolute Gasteiger partial charge is 0.336 e. The molecule has 2 aromatic rings. The van der Waals surface area contributed by atoms with Gasteiger partial charge in [-0.2, -0.15) is 0 Å². The van der Waals surface area contributed by atoms with Gasteiger partial charge in [0.15, 0.2) is 0 Å². The predicted octanol–water partition coefficient (Wildman–Crippen LogP) is 4.09. The number of rotatable bonds is 4. The summed E-state index contributed by atoms with van der Waals surface area (Å²) in [5, 5.41) is 8.35. The van der Waals surface area contributed by atoms with Crippen LogP contribution in [0.4, 0.5) is 16.2 Å². The minimum atomic E-state index is -0.295. The van der Waals surface area contributed by atoms with Crippen LogP contribution in [0.3, 0.4) is 0 Å². The Bertz CT molecular complexity index is 734. The molecule has 0 aromatic heterocycles. The summed E-state index contributed by atoms with van der Waals surface area (Å²) >= 11 is 0. The van der Waals surface area contributed by atoms with Gasteiger partial charge in [-0.25, -0.2) is 4.79 Å². The molecule has 0 bridgehead atoms. The molecule has 0 fully saturated rings. The van der Waals surface area contributed by atoms with Crippen molar-refractivity contribution in [3.63, 3.8) is 0 Å². The summed E-state index contributed by atoms with van der Waals surface area (Å²) in [7, 11) is 0. The highest BCUT2D eigenvalue weighted by Gasteiger charge is 2.09. The van der Waals surface area contributed by atoms with Crippen LogP contribution in [-0.2, 0) is 0 Å². The Labute approximate surface area is 142 Å². The van der Waals surface area contributed by atoms with Crippen LogP contribution in [0.15, 0.2) is 42.5 Å². The number of anilines is 2. The van der Waals surface area contributed by atoms with Crippen LogP contribution in [0, 0.1) is 13.8 Å². The molecule has 3 amide bonds. The predicted molar refractivity (Wildman–Crippen MR) is 97.6 cm³/mol. The van der Waals surface area contributed by atoms with E-state index in [4.69, 9.17) is 0 Å². The summed E-state index contributed by atoms with van der Waals surface area (Å²) in [4.78, 5) is 24.2. The van der Waals surface area contributed by atoms with E-state index in [0.29, 0.717) is 11.3 Å². The van der Waals surface area contributed by atoms with E-state index >= 15 is 0 Å². The molecule has 0 saturated heterocycles. The van der Waals surface area contributed by atoms with Crippen molar-refractivity contribution in [1.29, 1.82) is 0 Å². The number of aryl methyl sites for hydroxylation is 2. The Kier molecular flexibility index (Phi) is 5.58. The summed E-state index contributed by atoms with van der Waals surface area (Å²) in [6.07, 6.45) is 0. The van der Waals surface area contributed by atoms with E-state index in [1.807, 2.05) is 45.9 Å². The van der Waals surface area contributed by atoms with E-state index in [0.717, 1.165) is 16.8 Å². The number of carbonyl (C=O) groups excluding carboxylic acids is 2. The molecule has 0 spiro atoms. The Hall–Kier alpha value is -2.82. The standard InChI is InChI=1S/C19H23N3O2/c1-12(2)20-19(24)22-16-7-5-6-15(11-16)18(23)21-17-9-13(3)8-14(4)10-17/h5-12H,1-4H3,(H,21,23)(H2,20,22,24). The zero-order chi connectivity index (χ0) is 17.7. The van der Waals surface area contributed by atoms with Gasteiger partial charge in [-0.05, 0) is 69.2 Å². The molecule has 0 aliphatic rings. The van der Waals surface area contributed by atoms with Gasteiger partial charge in [0, 0.05) is 23.0 Å². The van der Waals surface area contributed by atoms with Crippen LogP contribution in [0.5, 0.6) is 0 Å². The number of carbonyl (C=O) groups is 2. The third-order valence-electron chi connectivity index (χ3n) is 3.28. The number of urea groups is 1. The van der Waals surface area contributed by atoms with Crippen molar-refractivity contribution in [2.24, 2.45) is 0 Å². The van der Waals surface area contributed by atoms with E-state index in [2.05, 4.69) is 16.0 Å². The van der Waals surface area contributed by atoms with Crippen molar-refractivity contribution in [3.05, 3.63) is 59.2 Å². The first kappa shape index (κ1) is 17.5. The molecule has 0 aliphatic carbocycles. The van der Waals surface area contributed by atoms with Gasteiger partial charge in [0.05, 0.1) is 0 Å². The number of nitrogens with one attached hydrogen (secondary N) is 3. The van der Waals surface area contributed by atoms with Gasteiger partial charge in [0.25, 0.3) is 5.91 Å². The van der Waals surface area contributed by atoms with Crippen molar-refractivity contribution >= 4 is 23.3 Å². The van der Waals surface area contributed by atoms with Crippen molar-refractivity contribution < 1.29 is 9.59 Å². The first-order chi connectivity index (χ1) is 11.3. The van der Waals surface area contributed by atoms with Crippen LogP contribution >= 0.6 is 0 Å². The number of benzene rings is 2. The molecule has 0 heterocycles. The molecule has 0 unspecified atom stereocenters. The van der Waals surface area contributed by atoms with Crippen LogP contribution in [-0.4, -0.2) is 18.0 Å². The van der Waals surface area contributed by atoms with Gasteiger partial charge in [0.1, 0.15) is 0 Å². The first-order valence-corrected chi connectivity index (χ1v) is 7.91. The Balaban J connectivity index is 2.09. The molecule has 5 nitrogen and oxygen atoms in total. The maximum absolute atomic E-state index is 12.4. The summed E-state index contributed by atoms with van der Waals surface area (Å²) in [5.74, 6) is -0.215. The molecule has 24 heavy (non-hydrogen) atoms. The lowest BCUT2D eigenvalue weighted by Crippen LogP contribution is -2.34. The second kappa shape index (κ2) is 7.64. The monoisotopic (exact) mass is 325 g/mol.